The second kappa shape index (κ2) is 9.44. The molecular formula is C28H25FN6O3. The van der Waals surface area contributed by atoms with Gasteiger partial charge in [-0.25, -0.2) is 9.37 Å². The van der Waals surface area contributed by atoms with Crippen LogP contribution in [0.3, 0.4) is 0 Å². The monoisotopic (exact) mass is 512 g/mol. The summed E-state index contributed by atoms with van der Waals surface area (Å²) in [6.07, 6.45) is 7.69. The van der Waals surface area contributed by atoms with Crippen molar-refractivity contribution in [3.63, 3.8) is 0 Å². The Balaban J connectivity index is 1.40. The quantitative estimate of drug-likeness (QED) is 0.354. The molecule has 0 spiro atoms. The van der Waals surface area contributed by atoms with Crippen LogP contribution in [-0.2, 0) is 13.6 Å². The van der Waals surface area contributed by atoms with Crippen molar-refractivity contribution in [2.75, 3.05) is 5.32 Å². The molecule has 1 N–H and O–H groups in total. The Kier molecular flexibility index (Phi) is 5.94. The first kappa shape index (κ1) is 23.9. The number of benzene rings is 1. The van der Waals surface area contributed by atoms with E-state index in [0.29, 0.717) is 35.7 Å². The third kappa shape index (κ3) is 4.77. The number of carbonyl (C=O) groups excluding carboxylic acids is 2. The lowest BCUT2D eigenvalue weighted by Crippen LogP contribution is -2.30. The van der Waals surface area contributed by atoms with E-state index in [1.807, 2.05) is 6.07 Å². The Morgan fingerprint density at radius 3 is 2.63 bits per heavy atom. The van der Waals surface area contributed by atoms with E-state index in [4.69, 9.17) is 0 Å². The van der Waals surface area contributed by atoms with Crippen LogP contribution in [0, 0.1) is 11.7 Å². The second-order valence-corrected chi connectivity index (χ2v) is 10.1. The number of nitrogens with one attached hydrogen (secondary N) is 1. The molecule has 2 fully saturated rings. The molecule has 2 saturated carbocycles. The number of hydrogen-bond acceptors (Lipinski definition) is 6. The smallest absolute Gasteiger partial charge is 0.263 e. The molecule has 1 amide bonds. The fourth-order valence-corrected chi connectivity index (χ4v) is 4.62. The van der Waals surface area contributed by atoms with Gasteiger partial charge in [0.15, 0.2) is 12.1 Å². The minimum absolute atomic E-state index is 0.114. The summed E-state index contributed by atoms with van der Waals surface area (Å²) in [6, 6.07) is 9.40. The summed E-state index contributed by atoms with van der Waals surface area (Å²) >= 11 is 0. The molecule has 2 aliphatic rings. The zero-order valence-electron chi connectivity index (χ0n) is 20.7. The second-order valence-electron chi connectivity index (χ2n) is 10.1. The minimum atomic E-state index is -0.637. The normalized spacial score (nSPS) is 14.9. The van der Waals surface area contributed by atoms with Gasteiger partial charge in [-0.05, 0) is 73.1 Å². The van der Waals surface area contributed by atoms with Gasteiger partial charge >= 0.3 is 0 Å². The van der Waals surface area contributed by atoms with Crippen molar-refractivity contribution < 1.29 is 14.0 Å². The van der Waals surface area contributed by atoms with Gasteiger partial charge in [-0.2, -0.15) is 0 Å². The number of aldehydes is 1. The molecule has 10 heteroatoms. The van der Waals surface area contributed by atoms with Gasteiger partial charge in [-0.3, -0.25) is 14.4 Å². The molecule has 1 aromatic carbocycles. The molecular weight excluding hydrogens is 487 g/mol. The van der Waals surface area contributed by atoms with Crippen molar-refractivity contribution in [1.29, 1.82) is 0 Å². The molecule has 0 aliphatic heterocycles. The largest absolute Gasteiger partial charge is 0.317 e. The number of rotatable bonds is 8. The number of carbonyl (C=O) groups is 2. The van der Waals surface area contributed by atoms with Crippen LogP contribution in [-0.4, -0.2) is 36.5 Å². The lowest BCUT2D eigenvalue weighted by molar-refractivity contribution is 0.102. The molecule has 3 heterocycles. The van der Waals surface area contributed by atoms with Gasteiger partial charge in [0, 0.05) is 42.5 Å². The van der Waals surface area contributed by atoms with E-state index in [2.05, 4.69) is 20.5 Å². The van der Waals surface area contributed by atoms with Crippen LogP contribution in [0.25, 0.3) is 22.5 Å². The lowest BCUT2D eigenvalue weighted by Gasteiger charge is -2.14. The molecule has 0 radical (unpaired) electrons. The van der Waals surface area contributed by atoms with E-state index in [0.717, 1.165) is 36.9 Å². The molecule has 4 aromatic rings. The molecule has 0 unspecified atom stereocenters. The number of pyridine rings is 2. The van der Waals surface area contributed by atoms with Crippen molar-refractivity contribution in [2.24, 2.45) is 13.0 Å². The van der Waals surface area contributed by atoms with Crippen molar-refractivity contribution in [1.82, 2.24) is 24.3 Å². The first-order valence-electron chi connectivity index (χ1n) is 12.6. The predicted molar refractivity (Wildman–Crippen MR) is 138 cm³/mol. The van der Waals surface area contributed by atoms with Crippen LogP contribution in [0.15, 0.2) is 53.7 Å². The Hall–Kier alpha value is -4.47. The molecule has 9 nitrogen and oxygen atoms in total. The zero-order valence-corrected chi connectivity index (χ0v) is 20.7. The van der Waals surface area contributed by atoms with Crippen LogP contribution in [0.1, 0.15) is 58.0 Å². The highest BCUT2D eigenvalue weighted by atomic mass is 19.1. The highest BCUT2D eigenvalue weighted by molar-refractivity contribution is 6.04. The van der Waals surface area contributed by atoms with Crippen molar-refractivity contribution in [2.45, 2.75) is 38.1 Å². The highest BCUT2D eigenvalue weighted by Crippen LogP contribution is 2.42. The third-order valence-corrected chi connectivity index (χ3v) is 6.97. The molecule has 0 saturated heterocycles. The highest BCUT2D eigenvalue weighted by Gasteiger charge is 2.28. The van der Waals surface area contributed by atoms with E-state index in [-0.39, 0.29) is 22.9 Å². The molecule has 6 rings (SSSR count). The average molecular weight is 513 g/mol. The maximum absolute atomic E-state index is 14.3. The first-order valence-corrected chi connectivity index (χ1v) is 12.6. The Bertz CT molecular complexity index is 1630. The van der Waals surface area contributed by atoms with Crippen molar-refractivity contribution in [3.05, 3.63) is 81.9 Å². The fraction of sp³-hybridized carbons (Fsp3) is 0.286. The minimum Gasteiger partial charge on any atom is -0.317 e. The van der Waals surface area contributed by atoms with Crippen LogP contribution < -0.4 is 10.9 Å². The van der Waals surface area contributed by atoms with Crippen molar-refractivity contribution >= 4 is 18.0 Å². The third-order valence-electron chi connectivity index (χ3n) is 6.97. The van der Waals surface area contributed by atoms with Crippen LogP contribution >= 0.6 is 0 Å². The summed E-state index contributed by atoms with van der Waals surface area (Å²) in [5.41, 5.74) is 2.49. The average Bonchev–Trinajstić information content (AvgIpc) is 3.84. The van der Waals surface area contributed by atoms with Crippen LogP contribution in [0.2, 0.25) is 0 Å². The summed E-state index contributed by atoms with van der Waals surface area (Å²) in [5, 5.41) is 10.8. The van der Waals surface area contributed by atoms with Gasteiger partial charge < -0.3 is 14.5 Å². The van der Waals surface area contributed by atoms with Gasteiger partial charge in [0.1, 0.15) is 23.5 Å². The molecule has 192 valence electrons. The standard InChI is InChI=1S/C28H25FN6O3/c1-34-15-30-33-26(34)22-11-20(29)6-7-21(22)19-9-24(18-4-5-18)31-25(10-19)32-27(37)23-8-17(14-36)13-35(28(23)38)12-16-2-3-16/h6-11,13-16,18H,2-5,12H2,1H3,(H,31,32,37). The van der Waals surface area contributed by atoms with Crippen molar-refractivity contribution in [3.8, 4) is 22.5 Å². The summed E-state index contributed by atoms with van der Waals surface area (Å²) in [6.45, 7) is 0.482. The summed E-state index contributed by atoms with van der Waals surface area (Å²) < 4.78 is 17.4. The molecule has 3 aromatic heterocycles. The Labute approximate surface area is 217 Å². The predicted octanol–water partition coefficient (Wildman–Crippen LogP) is 4.20. The number of halogens is 1. The molecule has 2 aliphatic carbocycles. The van der Waals surface area contributed by atoms with E-state index >= 15 is 0 Å². The summed E-state index contributed by atoms with van der Waals surface area (Å²) in [7, 11) is 1.78. The number of nitrogens with zero attached hydrogens (tertiary/aromatic N) is 5. The molecule has 38 heavy (non-hydrogen) atoms. The van der Waals surface area contributed by atoms with E-state index < -0.39 is 17.3 Å². The van der Waals surface area contributed by atoms with Crippen LogP contribution in [0.4, 0.5) is 10.2 Å². The van der Waals surface area contributed by atoms with Crippen LogP contribution in [0.5, 0.6) is 0 Å². The summed E-state index contributed by atoms with van der Waals surface area (Å²) in [4.78, 5) is 42.5. The number of hydrogen-bond donors (Lipinski definition) is 1. The summed E-state index contributed by atoms with van der Waals surface area (Å²) in [5.74, 6) is 0.378. The topological polar surface area (TPSA) is 112 Å². The van der Waals surface area contributed by atoms with Gasteiger partial charge in [-0.15, -0.1) is 10.2 Å². The first-order chi connectivity index (χ1) is 18.4. The fourth-order valence-electron chi connectivity index (χ4n) is 4.62. The maximum Gasteiger partial charge on any atom is 0.263 e. The number of amides is 1. The number of aryl methyl sites for hydroxylation is 1. The molecule has 0 bridgehead atoms. The van der Waals surface area contributed by atoms with E-state index in [1.54, 1.807) is 30.1 Å². The number of anilines is 1. The SMILES string of the molecule is Cn1cnnc1-c1cc(F)ccc1-c1cc(NC(=O)c2cc(C=O)cn(CC3CC3)c2=O)nc(C2CC2)c1. The van der Waals surface area contributed by atoms with E-state index in [1.165, 1.54) is 29.0 Å². The van der Waals surface area contributed by atoms with Gasteiger partial charge in [0.25, 0.3) is 11.5 Å². The molecule has 0 atom stereocenters. The number of aromatic nitrogens is 5. The van der Waals surface area contributed by atoms with E-state index in [9.17, 15) is 18.8 Å². The maximum atomic E-state index is 14.3. The zero-order chi connectivity index (χ0) is 26.4. The van der Waals surface area contributed by atoms with Gasteiger partial charge in [0.05, 0.1) is 0 Å². The van der Waals surface area contributed by atoms with Gasteiger partial charge in [-0.1, -0.05) is 6.07 Å². The van der Waals surface area contributed by atoms with Gasteiger partial charge in [0.2, 0.25) is 0 Å². The lowest BCUT2D eigenvalue weighted by atomic mass is 9.98. The Morgan fingerprint density at radius 2 is 1.95 bits per heavy atom. The Morgan fingerprint density at radius 1 is 1.13 bits per heavy atom.